The Kier molecular flexibility index (Phi) is 12.0. The number of nitrogens with zero attached hydrogens (tertiary/aromatic N) is 3. The van der Waals surface area contributed by atoms with E-state index in [2.05, 4.69) is 35.5 Å². The topological polar surface area (TPSA) is 104 Å². The van der Waals surface area contributed by atoms with Crippen molar-refractivity contribution >= 4 is 29.1 Å². The summed E-state index contributed by atoms with van der Waals surface area (Å²) in [6.07, 6.45) is 0.731. The third kappa shape index (κ3) is 10.4. The van der Waals surface area contributed by atoms with Crippen LogP contribution in [0.5, 0.6) is 5.75 Å². The third-order valence-corrected chi connectivity index (χ3v) is 7.19. The van der Waals surface area contributed by atoms with Crippen LogP contribution < -0.4 is 15.4 Å². The zero-order chi connectivity index (χ0) is 29.9. The van der Waals surface area contributed by atoms with Gasteiger partial charge in [-0.15, -0.1) is 11.3 Å². The predicted octanol–water partition coefficient (Wildman–Crippen LogP) is 4.22. The second-order valence-electron chi connectivity index (χ2n) is 10.7. The Balaban J connectivity index is 1.45. The summed E-state index contributed by atoms with van der Waals surface area (Å²) in [4.78, 5) is 45.5. The van der Waals surface area contributed by atoms with Crippen molar-refractivity contribution in [1.82, 2.24) is 25.4 Å². The van der Waals surface area contributed by atoms with E-state index < -0.39 is 0 Å². The highest BCUT2D eigenvalue weighted by Crippen LogP contribution is 2.23. The average Bonchev–Trinajstić information content (AvgIpc) is 3.33. The van der Waals surface area contributed by atoms with Crippen molar-refractivity contribution < 1.29 is 19.1 Å². The molecule has 0 spiro atoms. The molecule has 0 fully saturated rings. The van der Waals surface area contributed by atoms with Crippen LogP contribution in [0.15, 0.2) is 47.8 Å². The van der Waals surface area contributed by atoms with Gasteiger partial charge in [0.25, 0.3) is 11.8 Å². The van der Waals surface area contributed by atoms with Gasteiger partial charge in [0.1, 0.15) is 10.8 Å². The number of amides is 2. The van der Waals surface area contributed by atoms with E-state index in [4.69, 9.17) is 4.74 Å². The van der Waals surface area contributed by atoms with Gasteiger partial charge in [0.15, 0.2) is 0 Å². The molecule has 3 rings (SSSR count). The minimum Gasteiger partial charge on any atom is -0.426 e. The first kappa shape index (κ1) is 31.9. The number of hydrogen-bond donors (Lipinski definition) is 2. The Morgan fingerprint density at radius 2 is 1.78 bits per heavy atom. The van der Waals surface area contributed by atoms with Crippen LogP contribution >= 0.6 is 11.3 Å². The standard InChI is InChI=1S/C31H41N5O4S/c1-21(2)26-13-23(14-27(16-26)40-29(37)19-35(4)5)17-32-11-8-12-33-30(38)24-9-7-10-25(15-24)31(39)36(6)18-28-34-22(3)20-41-28/h7,9-10,13-16,20-21,32H,8,11-12,17-19H2,1-6H3,(H,33,38). The SMILES string of the molecule is Cc1csc(CN(C)C(=O)c2cccc(C(=O)NCCCNCc3cc(OC(=O)CN(C)C)cc(C(C)C)c3)c2)n1. The number of thiazole rings is 1. The van der Waals surface area contributed by atoms with E-state index in [1.807, 2.05) is 38.5 Å². The number of hydrogen-bond acceptors (Lipinski definition) is 8. The minimum atomic E-state index is -0.293. The Morgan fingerprint density at radius 1 is 1.02 bits per heavy atom. The molecule has 0 bridgehead atoms. The lowest BCUT2D eigenvalue weighted by molar-refractivity contribution is -0.135. The van der Waals surface area contributed by atoms with Gasteiger partial charge in [-0.25, -0.2) is 4.98 Å². The van der Waals surface area contributed by atoms with Crippen LogP contribution in [0.1, 0.15) is 68.7 Å². The molecule has 3 aromatic rings. The largest absolute Gasteiger partial charge is 0.426 e. The number of aromatic nitrogens is 1. The second-order valence-corrected chi connectivity index (χ2v) is 11.6. The normalized spacial score (nSPS) is 11.1. The van der Waals surface area contributed by atoms with Gasteiger partial charge >= 0.3 is 5.97 Å². The van der Waals surface area contributed by atoms with E-state index in [0.29, 0.717) is 49.0 Å². The smallest absolute Gasteiger partial charge is 0.325 e. The molecule has 1 heterocycles. The third-order valence-electron chi connectivity index (χ3n) is 6.23. The number of likely N-dealkylation sites (N-methyl/N-ethyl adjacent to an activating group) is 1. The van der Waals surface area contributed by atoms with Crippen molar-refractivity contribution in [2.24, 2.45) is 0 Å². The van der Waals surface area contributed by atoms with Crippen molar-refractivity contribution in [3.8, 4) is 5.75 Å². The first-order valence-corrected chi connectivity index (χ1v) is 14.6. The van der Waals surface area contributed by atoms with Crippen LogP contribution in [0.3, 0.4) is 0 Å². The van der Waals surface area contributed by atoms with Gasteiger partial charge in [-0.1, -0.05) is 26.0 Å². The van der Waals surface area contributed by atoms with Gasteiger partial charge < -0.3 is 20.3 Å². The number of ether oxygens (including phenoxy) is 1. The summed E-state index contributed by atoms with van der Waals surface area (Å²) in [7, 11) is 5.39. The lowest BCUT2D eigenvalue weighted by atomic mass is 10.0. The summed E-state index contributed by atoms with van der Waals surface area (Å²) in [5, 5.41) is 9.16. The molecular weight excluding hydrogens is 538 g/mol. The van der Waals surface area contributed by atoms with Crippen molar-refractivity contribution in [3.63, 3.8) is 0 Å². The van der Waals surface area contributed by atoms with E-state index in [1.54, 1.807) is 41.1 Å². The highest BCUT2D eigenvalue weighted by atomic mass is 32.1. The second kappa shape index (κ2) is 15.4. The molecule has 0 aliphatic heterocycles. The van der Waals surface area contributed by atoms with E-state index in [-0.39, 0.29) is 24.3 Å². The zero-order valence-electron chi connectivity index (χ0n) is 24.8. The molecule has 0 unspecified atom stereocenters. The van der Waals surface area contributed by atoms with E-state index in [0.717, 1.165) is 28.2 Å². The van der Waals surface area contributed by atoms with Crippen LogP contribution in [0, 0.1) is 6.92 Å². The van der Waals surface area contributed by atoms with Crippen LogP contribution in [0.25, 0.3) is 0 Å². The Bertz CT molecular complexity index is 1340. The molecule has 0 aliphatic rings. The first-order valence-electron chi connectivity index (χ1n) is 13.8. The number of nitrogens with one attached hydrogen (secondary N) is 2. The summed E-state index contributed by atoms with van der Waals surface area (Å²) in [5.74, 6) is 0.184. The lowest BCUT2D eigenvalue weighted by Gasteiger charge is -2.16. The molecule has 0 aliphatic carbocycles. The molecule has 10 heteroatoms. The number of esters is 1. The lowest BCUT2D eigenvalue weighted by Crippen LogP contribution is -2.28. The molecular formula is C31H41N5O4S. The van der Waals surface area contributed by atoms with Gasteiger partial charge in [-0.2, -0.15) is 0 Å². The van der Waals surface area contributed by atoms with Gasteiger partial charge in [-0.3, -0.25) is 19.3 Å². The monoisotopic (exact) mass is 579 g/mol. The molecule has 0 radical (unpaired) electrons. The zero-order valence-corrected chi connectivity index (χ0v) is 25.6. The van der Waals surface area contributed by atoms with E-state index in [1.165, 1.54) is 11.3 Å². The van der Waals surface area contributed by atoms with Crippen LogP contribution in [0.4, 0.5) is 0 Å². The van der Waals surface area contributed by atoms with E-state index in [9.17, 15) is 14.4 Å². The summed E-state index contributed by atoms with van der Waals surface area (Å²) < 4.78 is 5.55. The van der Waals surface area contributed by atoms with E-state index >= 15 is 0 Å². The molecule has 2 aromatic carbocycles. The molecule has 9 nitrogen and oxygen atoms in total. The van der Waals surface area contributed by atoms with Crippen molar-refractivity contribution in [1.29, 1.82) is 0 Å². The van der Waals surface area contributed by atoms with Gasteiger partial charge in [0.2, 0.25) is 0 Å². The number of benzene rings is 2. The number of carbonyl (C=O) groups excluding carboxylic acids is 3. The summed E-state index contributed by atoms with van der Waals surface area (Å²) in [6.45, 7) is 8.58. The fourth-order valence-electron chi connectivity index (χ4n) is 4.12. The van der Waals surface area contributed by atoms with Gasteiger partial charge in [0, 0.05) is 42.3 Å². The molecule has 0 saturated carbocycles. The molecule has 0 atom stereocenters. The highest BCUT2D eigenvalue weighted by molar-refractivity contribution is 7.09. The Labute approximate surface area is 246 Å². The molecule has 41 heavy (non-hydrogen) atoms. The minimum absolute atomic E-state index is 0.158. The quantitative estimate of drug-likeness (QED) is 0.167. The highest BCUT2D eigenvalue weighted by Gasteiger charge is 2.16. The van der Waals surface area contributed by atoms with Crippen LogP contribution in [0.2, 0.25) is 0 Å². The molecule has 220 valence electrons. The molecule has 2 N–H and O–H groups in total. The number of rotatable bonds is 14. The van der Waals surface area contributed by atoms with Crippen molar-refractivity contribution in [2.75, 3.05) is 40.8 Å². The van der Waals surface area contributed by atoms with Crippen molar-refractivity contribution in [3.05, 3.63) is 80.8 Å². The molecule has 0 saturated heterocycles. The van der Waals surface area contributed by atoms with Crippen molar-refractivity contribution in [2.45, 2.75) is 46.2 Å². The van der Waals surface area contributed by atoms with Crippen LogP contribution in [-0.4, -0.2) is 73.3 Å². The summed E-state index contributed by atoms with van der Waals surface area (Å²) in [6, 6.07) is 12.7. The fraction of sp³-hybridized carbons (Fsp3) is 0.419. The molecule has 2 amide bonds. The van der Waals surface area contributed by atoms with Crippen LogP contribution in [-0.2, 0) is 17.9 Å². The molecule has 1 aromatic heterocycles. The summed E-state index contributed by atoms with van der Waals surface area (Å²) >= 11 is 1.52. The van der Waals surface area contributed by atoms with Gasteiger partial charge in [-0.05, 0) is 81.4 Å². The first-order chi connectivity index (χ1) is 19.5. The maximum absolute atomic E-state index is 12.9. The average molecular weight is 580 g/mol. The maximum Gasteiger partial charge on any atom is 0.325 e. The Hall–Kier alpha value is -3.60. The number of carbonyl (C=O) groups is 3. The summed E-state index contributed by atoms with van der Waals surface area (Å²) in [5.41, 5.74) is 3.99. The Morgan fingerprint density at radius 3 is 2.46 bits per heavy atom. The maximum atomic E-state index is 12.9. The predicted molar refractivity (Wildman–Crippen MR) is 162 cm³/mol. The fourth-order valence-corrected chi connectivity index (χ4v) is 4.94. The number of aryl methyl sites for hydroxylation is 1. The van der Waals surface area contributed by atoms with Gasteiger partial charge in [0.05, 0.1) is 13.1 Å².